The Hall–Kier alpha value is -0.910. The van der Waals surface area contributed by atoms with Crippen molar-refractivity contribution in [1.82, 2.24) is 9.88 Å². The van der Waals surface area contributed by atoms with Crippen molar-refractivity contribution >= 4 is 27.8 Å². The molecule has 0 atom stereocenters. The van der Waals surface area contributed by atoms with Gasteiger partial charge in [0.2, 0.25) is 0 Å². The van der Waals surface area contributed by atoms with E-state index >= 15 is 0 Å². The summed E-state index contributed by atoms with van der Waals surface area (Å²) in [6, 6.07) is 4.41. The molecule has 2 N–H and O–H groups in total. The van der Waals surface area contributed by atoms with Crippen molar-refractivity contribution < 1.29 is 0 Å². The highest BCUT2D eigenvalue weighted by Gasteiger charge is 2.11. The quantitative estimate of drug-likeness (QED) is 0.938. The van der Waals surface area contributed by atoms with E-state index in [4.69, 9.17) is 5.73 Å². The van der Waals surface area contributed by atoms with Crippen molar-refractivity contribution in [3.63, 3.8) is 0 Å². The second-order valence-corrected chi connectivity index (χ2v) is 7.05. The zero-order valence-corrected chi connectivity index (χ0v) is 12.6. The van der Waals surface area contributed by atoms with Gasteiger partial charge in [0.1, 0.15) is 0 Å². The summed E-state index contributed by atoms with van der Waals surface area (Å²) in [4.78, 5) is 9.62. The van der Waals surface area contributed by atoms with E-state index in [1.165, 1.54) is 60.0 Å². The van der Waals surface area contributed by atoms with Crippen LogP contribution >= 0.6 is 22.7 Å². The summed E-state index contributed by atoms with van der Waals surface area (Å²) in [6.07, 6.45) is 5.30. The summed E-state index contributed by atoms with van der Waals surface area (Å²) in [7, 11) is 0. The lowest BCUT2D eigenvalue weighted by atomic mass is 10.1. The Morgan fingerprint density at radius 3 is 2.79 bits per heavy atom. The summed E-state index contributed by atoms with van der Waals surface area (Å²) in [6.45, 7) is 3.75. The fourth-order valence-electron chi connectivity index (χ4n) is 2.50. The number of rotatable bonds is 4. The highest BCUT2D eigenvalue weighted by molar-refractivity contribution is 7.16. The van der Waals surface area contributed by atoms with E-state index in [-0.39, 0.29) is 0 Å². The van der Waals surface area contributed by atoms with Gasteiger partial charge in [0.25, 0.3) is 0 Å². The van der Waals surface area contributed by atoms with Crippen LogP contribution in [-0.4, -0.2) is 29.5 Å². The first kappa shape index (κ1) is 13.1. The highest BCUT2D eigenvalue weighted by atomic mass is 32.1. The molecule has 0 radical (unpaired) electrons. The summed E-state index contributed by atoms with van der Waals surface area (Å²) in [5.74, 6) is 0. The highest BCUT2D eigenvalue weighted by Crippen LogP contribution is 2.30. The van der Waals surface area contributed by atoms with Crippen LogP contribution in [0.25, 0.3) is 10.6 Å². The fraction of sp³-hybridized carbons (Fsp3) is 0.500. The smallest absolute Gasteiger partial charge is 0.180 e. The fourth-order valence-corrected chi connectivity index (χ4v) is 4.10. The molecule has 0 aliphatic carbocycles. The molecule has 1 saturated heterocycles. The van der Waals surface area contributed by atoms with Gasteiger partial charge >= 0.3 is 0 Å². The molecule has 0 bridgehead atoms. The predicted molar refractivity (Wildman–Crippen MR) is 83.8 cm³/mol. The lowest BCUT2D eigenvalue weighted by Crippen LogP contribution is -2.31. The van der Waals surface area contributed by atoms with Gasteiger partial charge in [0.05, 0.1) is 10.6 Å². The van der Waals surface area contributed by atoms with E-state index in [0.29, 0.717) is 5.13 Å². The molecule has 102 valence electrons. The van der Waals surface area contributed by atoms with Gasteiger partial charge in [-0.25, -0.2) is 4.98 Å². The Labute approximate surface area is 122 Å². The number of thiophene rings is 1. The number of hydrogen-bond donors (Lipinski definition) is 1. The Morgan fingerprint density at radius 1 is 1.21 bits per heavy atom. The minimum Gasteiger partial charge on any atom is -0.375 e. The van der Waals surface area contributed by atoms with Crippen molar-refractivity contribution in [2.24, 2.45) is 0 Å². The lowest BCUT2D eigenvalue weighted by Gasteiger charge is -2.25. The van der Waals surface area contributed by atoms with Crippen LogP contribution in [0.3, 0.4) is 0 Å². The Kier molecular flexibility index (Phi) is 4.15. The third kappa shape index (κ3) is 3.35. The Morgan fingerprint density at radius 2 is 2.05 bits per heavy atom. The van der Waals surface area contributed by atoms with E-state index < -0.39 is 0 Å². The molecule has 1 aliphatic heterocycles. The van der Waals surface area contributed by atoms with Gasteiger partial charge in [0, 0.05) is 16.8 Å². The monoisotopic (exact) mass is 293 g/mol. The molecule has 0 amide bonds. The molecule has 0 aromatic carbocycles. The summed E-state index contributed by atoms with van der Waals surface area (Å²) < 4.78 is 0. The molecule has 3 heterocycles. The van der Waals surface area contributed by atoms with Crippen LogP contribution in [0.2, 0.25) is 0 Å². The maximum absolute atomic E-state index is 5.68. The van der Waals surface area contributed by atoms with Gasteiger partial charge < -0.3 is 10.6 Å². The normalized spacial score (nSPS) is 16.8. The molecule has 3 nitrogen and oxygen atoms in total. The van der Waals surface area contributed by atoms with Crippen LogP contribution in [-0.2, 0) is 6.42 Å². The van der Waals surface area contributed by atoms with Crippen molar-refractivity contribution in [2.75, 3.05) is 25.4 Å². The molecule has 1 aliphatic rings. The zero-order valence-electron chi connectivity index (χ0n) is 11.0. The summed E-state index contributed by atoms with van der Waals surface area (Å²) >= 11 is 3.36. The van der Waals surface area contributed by atoms with Gasteiger partial charge in [-0.15, -0.1) is 22.7 Å². The number of likely N-dealkylation sites (tertiary alicyclic amines) is 1. The number of anilines is 1. The topological polar surface area (TPSA) is 42.1 Å². The Bertz CT molecular complexity index is 526. The van der Waals surface area contributed by atoms with Gasteiger partial charge in [-0.2, -0.15) is 0 Å². The van der Waals surface area contributed by atoms with Crippen LogP contribution in [0.15, 0.2) is 17.5 Å². The van der Waals surface area contributed by atoms with Crippen molar-refractivity contribution in [1.29, 1.82) is 0 Å². The van der Waals surface area contributed by atoms with Crippen LogP contribution in [0, 0.1) is 0 Å². The van der Waals surface area contributed by atoms with E-state index in [9.17, 15) is 0 Å². The average molecular weight is 293 g/mol. The van der Waals surface area contributed by atoms with Crippen molar-refractivity contribution in [3.05, 3.63) is 22.4 Å². The first-order chi connectivity index (χ1) is 9.31. The lowest BCUT2D eigenvalue weighted by molar-refractivity contribution is 0.232. The molecule has 0 saturated carbocycles. The average Bonchev–Trinajstić information content (AvgIpc) is 3.06. The molecular formula is C14H19N3S2. The third-order valence-corrected chi connectivity index (χ3v) is 5.40. The van der Waals surface area contributed by atoms with E-state index in [1.807, 2.05) is 16.7 Å². The van der Waals surface area contributed by atoms with Crippen LogP contribution in [0.5, 0.6) is 0 Å². The number of nitrogen functional groups attached to an aromatic ring is 1. The number of nitrogens with two attached hydrogens (primary N) is 1. The first-order valence-corrected chi connectivity index (χ1v) is 8.53. The SMILES string of the molecule is Nc1nc(-c2ccc(CCN3CCCCC3)s2)cs1. The number of piperidine rings is 1. The number of aromatic nitrogens is 1. The van der Waals surface area contributed by atoms with Gasteiger partial charge in [-0.3, -0.25) is 0 Å². The van der Waals surface area contributed by atoms with E-state index in [2.05, 4.69) is 22.0 Å². The second kappa shape index (κ2) is 6.03. The minimum atomic E-state index is 0.651. The van der Waals surface area contributed by atoms with Crippen LogP contribution in [0.4, 0.5) is 5.13 Å². The van der Waals surface area contributed by atoms with Crippen LogP contribution < -0.4 is 5.73 Å². The molecule has 0 unspecified atom stereocenters. The first-order valence-electron chi connectivity index (χ1n) is 6.84. The van der Waals surface area contributed by atoms with Gasteiger partial charge in [-0.05, 0) is 44.5 Å². The largest absolute Gasteiger partial charge is 0.375 e. The standard InChI is InChI=1S/C14H19N3S2/c15-14-16-12(10-18-14)13-5-4-11(19-13)6-9-17-7-2-1-3-8-17/h4-5,10H,1-3,6-9H2,(H2,15,16). The molecule has 3 rings (SSSR count). The number of hydrogen-bond acceptors (Lipinski definition) is 5. The van der Waals surface area contributed by atoms with E-state index in [0.717, 1.165) is 12.1 Å². The zero-order chi connectivity index (χ0) is 13.1. The maximum Gasteiger partial charge on any atom is 0.180 e. The van der Waals surface area contributed by atoms with Crippen molar-refractivity contribution in [2.45, 2.75) is 25.7 Å². The molecular weight excluding hydrogens is 274 g/mol. The van der Waals surface area contributed by atoms with Gasteiger partial charge in [0.15, 0.2) is 5.13 Å². The van der Waals surface area contributed by atoms with E-state index in [1.54, 1.807) is 0 Å². The second-order valence-electron chi connectivity index (χ2n) is 4.99. The molecule has 2 aromatic rings. The molecule has 19 heavy (non-hydrogen) atoms. The molecule has 0 spiro atoms. The number of thiazole rings is 1. The minimum absolute atomic E-state index is 0.651. The van der Waals surface area contributed by atoms with Gasteiger partial charge in [-0.1, -0.05) is 6.42 Å². The Balaban J connectivity index is 1.58. The number of nitrogens with zero attached hydrogens (tertiary/aromatic N) is 2. The van der Waals surface area contributed by atoms with Crippen molar-refractivity contribution in [3.8, 4) is 10.6 Å². The maximum atomic E-state index is 5.68. The molecule has 1 fully saturated rings. The van der Waals surface area contributed by atoms with Crippen LogP contribution in [0.1, 0.15) is 24.1 Å². The third-order valence-electron chi connectivity index (χ3n) is 3.56. The summed E-state index contributed by atoms with van der Waals surface area (Å²) in [5.41, 5.74) is 6.71. The predicted octanol–water partition coefficient (Wildman–Crippen LogP) is 3.48. The molecule has 5 heteroatoms. The molecule has 2 aromatic heterocycles. The summed E-state index contributed by atoms with van der Waals surface area (Å²) in [5, 5.41) is 2.69.